The van der Waals surface area contributed by atoms with E-state index in [4.69, 9.17) is 8.83 Å². The Bertz CT molecular complexity index is 856. The Morgan fingerprint density at radius 2 is 1.88 bits per heavy atom. The molecule has 1 aromatic carbocycles. The minimum Gasteiger partial charge on any atom is -0.459 e. The molecule has 7 nitrogen and oxygen atoms in total. The van der Waals surface area contributed by atoms with E-state index in [0.29, 0.717) is 0 Å². The van der Waals surface area contributed by atoms with Gasteiger partial charge in [-0.1, -0.05) is 30.3 Å². The zero-order valence-electron chi connectivity index (χ0n) is 14.3. The molecule has 134 valence electrons. The van der Waals surface area contributed by atoms with Crippen LogP contribution in [0.2, 0.25) is 0 Å². The lowest BCUT2D eigenvalue weighted by molar-refractivity contribution is 0.0932. The summed E-state index contributed by atoms with van der Waals surface area (Å²) in [6.07, 6.45) is 4.26. The fourth-order valence-electron chi connectivity index (χ4n) is 2.40. The number of amides is 2. The van der Waals surface area contributed by atoms with Crippen molar-refractivity contribution in [2.24, 2.45) is 0 Å². The summed E-state index contributed by atoms with van der Waals surface area (Å²) in [4.78, 5) is 28.1. The number of carbonyl (C=O) groups is 2. The van der Waals surface area contributed by atoms with Crippen molar-refractivity contribution in [3.63, 3.8) is 0 Å². The molecule has 0 bridgehead atoms. The van der Waals surface area contributed by atoms with E-state index in [2.05, 4.69) is 27.8 Å². The lowest BCUT2D eigenvalue weighted by atomic mass is 10.1. The van der Waals surface area contributed by atoms with Gasteiger partial charge in [-0.25, -0.2) is 0 Å². The summed E-state index contributed by atoms with van der Waals surface area (Å²) < 4.78 is 10.1. The van der Waals surface area contributed by atoms with E-state index >= 15 is 0 Å². The molecule has 0 aliphatic rings. The average molecular weight is 353 g/mol. The standard InChI is InChI=1S/C19H19N3O4/c1-13(9-10-14-6-3-2-4-7-14)20-17(23)15-12-26-19(21-15)22-18(24)16-8-5-11-25-16/h2-8,11-13H,9-10H2,1H3,(H,20,23)(H,21,22,24). The molecule has 1 atom stereocenters. The SMILES string of the molecule is CC(CCc1ccccc1)NC(=O)c1coc(NC(=O)c2ccco2)n1. The zero-order chi connectivity index (χ0) is 18.4. The van der Waals surface area contributed by atoms with Gasteiger partial charge in [-0.2, -0.15) is 4.98 Å². The summed E-state index contributed by atoms with van der Waals surface area (Å²) in [5.74, 6) is -0.725. The Morgan fingerprint density at radius 3 is 2.62 bits per heavy atom. The van der Waals surface area contributed by atoms with E-state index in [-0.39, 0.29) is 29.4 Å². The predicted molar refractivity (Wildman–Crippen MR) is 94.9 cm³/mol. The van der Waals surface area contributed by atoms with Crippen LogP contribution in [0.5, 0.6) is 0 Å². The van der Waals surface area contributed by atoms with Crippen LogP contribution < -0.4 is 10.6 Å². The number of rotatable bonds is 7. The highest BCUT2D eigenvalue weighted by Crippen LogP contribution is 2.11. The van der Waals surface area contributed by atoms with Gasteiger partial charge in [0.1, 0.15) is 6.26 Å². The Labute approximate surface area is 150 Å². The van der Waals surface area contributed by atoms with Gasteiger partial charge in [0, 0.05) is 6.04 Å². The minimum absolute atomic E-state index is 0.0273. The minimum atomic E-state index is -0.500. The number of aromatic nitrogens is 1. The third-order valence-corrected chi connectivity index (χ3v) is 3.79. The molecule has 0 spiro atoms. The quantitative estimate of drug-likeness (QED) is 0.679. The second kappa shape index (κ2) is 8.15. The predicted octanol–water partition coefficient (Wildman–Crippen LogP) is 3.27. The molecule has 2 heterocycles. The highest BCUT2D eigenvalue weighted by molar-refractivity contribution is 6.01. The summed E-state index contributed by atoms with van der Waals surface area (Å²) in [5, 5.41) is 5.30. The van der Waals surface area contributed by atoms with Crippen LogP contribution in [0, 0.1) is 0 Å². The van der Waals surface area contributed by atoms with Crippen molar-refractivity contribution in [3.8, 4) is 0 Å². The number of benzene rings is 1. The third-order valence-electron chi connectivity index (χ3n) is 3.79. The summed E-state index contributed by atoms with van der Waals surface area (Å²) >= 11 is 0. The molecule has 3 rings (SSSR count). The molecule has 0 radical (unpaired) electrons. The Hall–Kier alpha value is -3.35. The van der Waals surface area contributed by atoms with Crippen molar-refractivity contribution in [2.45, 2.75) is 25.8 Å². The molecule has 3 aromatic rings. The van der Waals surface area contributed by atoms with Gasteiger partial charge < -0.3 is 14.2 Å². The molecule has 2 N–H and O–H groups in total. The number of aryl methyl sites for hydroxylation is 1. The van der Waals surface area contributed by atoms with Gasteiger partial charge in [-0.05, 0) is 37.5 Å². The Balaban J connectivity index is 1.50. The molecule has 0 aliphatic carbocycles. The fourth-order valence-corrected chi connectivity index (χ4v) is 2.40. The smallest absolute Gasteiger partial charge is 0.302 e. The van der Waals surface area contributed by atoms with Crippen molar-refractivity contribution in [1.82, 2.24) is 10.3 Å². The third kappa shape index (κ3) is 4.60. The van der Waals surface area contributed by atoms with E-state index in [9.17, 15) is 9.59 Å². The first-order chi connectivity index (χ1) is 12.6. The van der Waals surface area contributed by atoms with Crippen LogP contribution >= 0.6 is 0 Å². The monoisotopic (exact) mass is 353 g/mol. The van der Waals surface area contributed by atoms with Gasteiger partial charge in [-0.3, -0.25) is 14.9 Å². The fraction of sp³-hybridized carbons (Fsp3) is 0.211. The lowest BCUT2D eigenvalue weighted by Crippen LogP contribution is -2.33. The first kappa shape index (κ1) is 17.5. The summed E-state index contributed by atoms with van der Waals surface area (Å²) in [6, 6.07) is 13.1. The number of hydrogen-bond acceptors (Lipinski definition) is 5. The van der Waals surface area contributed by atoms with Crippen LogP contribution in [0.15, 0.2) is 63.8 Å². The number of furan rings is 1. The average Bonchev–Trinajstić information content (AvgIpc) is 3.33. The highest BCUT2D eigenvalue weighted by atomic mass is 16.4. The first-order valence-corrected chi connectivity index (χ1v) is 8.27. The molecule has 0 fully saturated rings. The second-order valence-electron chi connectivity index (χ2n) is 5.87. The Morgan fingerprint density at radius 1 is 1.08 bits per heavy atom. The van der Waals surface area contributed by atoms with Crippen LogP contribution in [0.1, 0.15) is 40.0 Å². The molecule has 0 saturated carbocycles. The van der Waals surface area contributed by atoms with Gasteiger partial charge in [0.05, 0.1) is 6.26 Å². The lowest BCUT2D eigenvalue weighted by Gasteiger charge is -2.12. The van der Waals surface area contributed by atoms with Crippen molar-refractivity contribution in [3.05, 3.63) is 72.0 Å². The maximum atomic E-state index is 12.2. The largest absolute Gasteiger partial charge is 0.459 e. The summed E-state index contributed by atoms with van der Waals surface area (Å²) in [6.45, 7) is 1.93. The van der Waals surface area contributed by atoms with Crippen molar-refractivity contribution in [1.29, 1.82) is 0 Å². The molecular formula is C19H19N3O4. The molecule has 26 heavy (non-hydrogen) atoms. The van der Waals surface area contributed by atoms with E-state index < -0.39 is 5.91 Å². The summed E-state index contributed by atoms with van der Waals surface area (Å²) in [5.41, 5.74) is 1.32. The number of carbonyl (C=O) groups excluding carboxylic acids is 2. The van der Waals surface area contributed by atoms with Crippen LogP contribution in [-0.2, 0) is 6.42 Å². The van der Waals surface area contributed by atoms with E-state index in [1.165, 1.54) is 24.2 Å². The van der Waals surface area contributed by atoms with Gasteiger partial charge >= 0.3 is 6.01 Å². The van der Waals surface area contributed by atoms with E-state index in [1.54, 1.807) is 6.07 Å². The summed E-state index contributed by atoms with van der Waals surface area (Å²) in [7, 11) is 0. The van der Waals surface area contributed by atoms with Crippen molar-refractivity contribution in [2.75, 3.05) is 5.32 Å². The molecule has 0 aliphatic heterocycles. The molecule has 2 aromatic heterocycles. The first-order valence-electron chi connectivity index (χ1n) is 8.27. The van der Waals surface area contributed by atoms with Crippen LogP contribution in [0.4, 0.5) is 6.01 Å². The number of anilines is 1. The van der Waals surface area contributed by atoms with Crippen LogP contribution in [-0.4, -0.2) is 22.8 Å². The molecule has 0 saturated heterocycles. The maximum absolute atomic E-state index is 12.2. The van der Waals surface area contributed by atoms with E-state index in [0.717, 1.165) is 12.8 Å². The molecule has 1 unspecified atom stereocenters. The molecule has 7 heteroatoms. The number of hydrogen-bond donors (Lipinski definition) is 2. The zero-order valence-corrected chi connectivity index (χ0v) is 14.3. The van der Waals surface area contributed by atoms with Crippen LogP contribution in [0.25, 0.3) is 0 Å². The highest BCUT2D eigenvalue weighted by Gasteiger charge is 2.17. The van der Waals surface area contributed by atoms with Crippen LogP contribution in [0.3, 0.4) is 0 Å². The van der Waals surface area contributed by atoms with Crippen molar-refractivity contribution >= 4 is 17.8 Å². The Kier molecular flexibility index (Phi) is 5.48. The van der Waals surface area contributed by atoms with Crippen molar-refractivity contribution < 1.29 is 18.4 Å². The molecular weight excluding hydrogens is 334 g/mol. The van der Waals surface area contributed by atoms with E-state index in [1.807, 2.05) is 25.1 Å². The number of nitrogens with zero attached hydrogens (tertiary/aromatic N) is 1. The number of oxazole rings is 1. The normalized spacial score (nSPS) is 11.7. The topological polar surface area (TPSA) is 97.4 Å². The van der Waals surface area contributed by atoms with Gasteiger partial charge in [-0.15, -0.1) is 0 Å². The number of nitrogens with one attached hydrogen (secondary N) is 2. The molecule has 2 amide bonds. The second-order valence-corrected chi connectivity index (χ2v) is 5.87. The maximum Gasteiger partial charge on any atom is 0.302 e. The van der Waals surface area contributed by atoms with Gasteiger partial charge in [0.2, 0.25) is 0 Å². The van der Waals surface area contributed by atoms with Gasteiger partial charge in [0.25, 0.3) is 11.8 Å². The van der Waals surface area contributed by atoms with Gasteiger partial charge in [0.15, 0.2) is 11.5 Å².